The number of aryl methyl sites for hydroxylation is 1. The predicted molar refractivity (Wildman–Crippen MR) is 85.7 cm³/mol. The third-order valence-corrected chi connectivity index (χ3v) is 3.48. The number of fused-ring (bicyclic) bond motifs is 1. The first-order chi connectivity index (χ1) is 11.1. The van der Waals surface area contributed by atoms with Crippen LogP contribution >= 0.6 is 0 Å². The quantitative estimate of drug-likeness (QED) is 0.755. The number of carbonyl (C=O) groups is 2. The molecule has 23 heavy (non-hydrogen) atoms. The number of hydrogen-bond donors (Lipinski definition) is 1. The lowest BCUT2D eigenvalue weighted by atomic mass is 10.2. The van der Waals surface area contributed by atoms with Crippen molar-refractivity contribution in [2.24, 2.45) is 0 Å². The second-order valence-electron chi connectivity index (χ2n) is 4.99. The number of pyridine rings is 1. The van der Waals surface area contributed by atoms with Crippen LogP contribution in [-0.4, -0.2) is 28.4 Å². The van der Waals surface area contributed by atoms with Gasteiger partial charge in [-0.15, -0.1) is 0 Å². The number of aromatic nitrogens is 2. The van der Waals surface area contributed by atoms with Gasteiger partial charge in [0.25, 0.3) is 5.91 Å². The van der Waals surface area contributed by atoms with Crippen molar-refractivity contribution < 1.29 is 14.3 Å². The maximum atomic E-state index is 12.5. The number of amides is 1. The Bertz CT molecular complexity index is 899. The van der Waals surface area contributed by atoms with Crippen LogP contribution in [-0.2, 0) is 4.74 Å². The Morgan fingerprint density at radius 3 is 2.78 bits per heavy atom. The molecule has 0 atom stereocenters. The minimum absolute atomic E-state index is 0.330. The van der Waals surface area contributed by atoms with Crippen molar-refractivity contribution >= 4 is 23.1 Å². The molecule has 0 bridgehead atoms. The maximum absolute atomic E-state index is 12.5. The Morgan fingerprint density at radius 1 is 1.17 bits per heavy atom. The van der Waals surface area contributed by atoms with Crippen LogP contribution in [0.2, 0.25) is 0 Å². The minimum atomic E-state index is -0.454. The molecule has 0 saturated carbocycles. The number of imidazole rings is 1. The lowest BCUT2D eigenvalue weighted by molar-refractivity contribution is 0.0600. The predicted octanol–water partition coefficient (Wildman–Crippen LogP) is 2.68. The molecule has 0 aliphatic heterocycles. The summed E-state index contributed by atoms with van der Waals surface area (Å²) in [7, 11) is 1.31. The van der Waals surface area contributed by atoms with Crippen molar-refractivity contribution in [1.82, 2.24) is 9.38 Å². The number of hydrogen-bond acceptors (Lipinski definition) is 4. The molecule has 0 spiro atoms. The van der Waals surface area contributed by atoms with Crippen LogP contribution in [0.5, 0.6) is 0 Å². The maximum Gasteiger partial charge on any atom is 0.337 e. The molecule has 2 heterocycles. The second kappa shape index (κ2) is 5.92. The van der Waals surface area contributed by atoms with E-state index in [1.165, 1.54) is 7.11 Å². The Balaban J connectivity index is 1.91. The highest BCUT2D eigenvalue weighted by Crippen LogP contribution is 2.16. The molecule has 1 amide bonds. The van der Waals surface area contributed by atoms with E-state index >= 15 is 0 Å². The van der Waals surface area contributed by atoms with Crippen molar-refractivity contribution in [3.63, 3.8) is 0 Å². The SMILES string of the molecule is COC(=O)c1cccc(NC(=O)c2nc(C)n3ccccc23)c1. The Labute approximate surface area is 132 Å². The van der Waals surface area contributed by atoms with Gasteiger partial charge in [-0.1, -0.05) is 12.1 Å². The molecule has 0 saturated heterocycles. The average molecular weight is 309 g/mol. The normalized spacial score (nSPS) is 10.5. The fourth-order valence-electron chi connectivity index (χ4n) is 2.39. The van der Waals surface area contributed by atoms with Crippen LogP contribution < -0.4 is 5.32 Å². The number of ether oxygens (including phenoxy) is 1. The van der Waals surface area contributed by atoms with Gasteiger partial charge in [0.2, 0.25) is 0 Å². The summed E-state index contributed by atoms with van der Waals surface area (Å²) in [6.07, 6.45) is 1.85. The molecule has 0 radical (unpaired) electrons. The van der Waals surface area contributed by atoms with Crippen molar-refractivity contribution in [2.75, 3.05) is 12.4 Å². The molecular formula is C17H15N3O3. The van der Waals surface area contributed by atoms with Gasteiger partial charge in [-0.05, 0) is 37.3 Å². The number of anilines is 1. The fourth-order valence-corrected chi connectivity index (χ4v) is 2.39. The van der Waals surface area contributed by atoms with E-state index in [-0.39, 0.29) is 5.91 Å². The fraction of sp³-hybridized carbons (Fsp3) is 0.118. The van der Waals surface area contributed by atoms with Gasteiger partial charge in [-0.3, -0.25) is 4.79 Å². The van der Waals surface area contributed by atoms with Crippen molar-refractivity contribution in [1.29, 1.82) is 0 Å². The summed E-state index contributed by atoms with van der Waals surface area (Å²) in [4.78, 5) is 28.4. The number of benzene rings is 1. The van der Waals surface area contributed by atoms with Crippen molar-refractivity contribution in [3.8, 4) is 0 Å². The lowest BCUT2D eigenvalue weighted by Crippen LogP contribution is -2.13. The molecule has 116 valence electrons. The van der Waals surface area contributed by atoms with Crippen LogP contribution in [0.25, 0.3) is 5.52 Å². The van der Waals surface area contributed by atoms with Gasteiger partial charge in [-0.25, -0.2) is 9.78 Å². The highest BCUT2D eigenvalue weighted by atomic mass is 16.5. The van der Waals surface area contributed by atoms with E-state index in [2.05, 4.69) is 15.0 Å². The smallest absolute Gasteiger partial charge is 0.337 e. The summed E-state index contributed by atoms with van der Waals surface area (Å²) in [5.41, 5.74) is 1.95. The monoisotopic (exact) mass is 309 g/mol. The molecule has 1 aromatic carbocycles. The van der Waals surface area contributed by atoms with E-state index in [1.807, 2.05) is 35.7 Å². The number of carbonyl (C=O) groups excluding carboxylic acids is 2. The zero-order valence-corrected chi connectivity index (χ0v) is 12.7. The third-order valence-electron chi connectivity index (χ3n) is 3.48. The number of nitrogens with one attached hydrogen (secondary N) is 1. The topological polar surface area (TPSA) is 72.7 Å². The van der Waals surface area contributed by atoms with Crippen LogP contribution in [0.15, 0.2) is 48.7 Å². The van der Waals surface area contributed by atoms with Gasteiger partial charge in [0.1, 0.15) is 5.82 Å². The molecular weight excluding hydrogens is 294 g/mol. The van der Waals surface area contributed by atoms with E-state index in [1.54, 1.807) is 24.3 Å². The first-order valence-corrected chi connectivity index (χ1v) is 7.03. The van der Waals surface area contributed by atoms with E-state index in [9.17, 15) is 9.59 Å². The molecule has 0 aliphatic rings. The molecule has 6 heteroatoms. The zero-order valence-electron chi connectivity index (χ0n) is 12.7. The molecule has 3 rings (SSSR count). The molecule has 0 unspecified atom stereocenters. The summed E-state index contributed by atoms with van der Waals surface area (Å²) in [6, 6.07) is 12.1. The van der Waals surface area contributed by atoms with Crippen LogP contribution in [0.3, 0.4) is 0 Å². The average Bonchev–Trinajstić information content (AvgIpc) is 2.92. The number of nitrogens with zero attached hydrogens (tertiary/aromatic N) is 2. The second-order valence-corrected chi connectivity index (χ2v) is 4.99. The highest BCUT2D eigenvalue weighted by Gasteiger charge is 2.16. The summed E-state index contributed by atoms with van der Waals surface area (Å²) in [6.45, 7) is 1.83. The van der Waals surface area contributed by atoms with Crippen LogP contribution in [0.4, 0.5) is 5.69 Å². The van der Waals surface area contributed by atoms with E-state index in [0.29, 0.717) is 16.9 Å². The Morgan fingerprint density at radius 2 is 2.00 bits per heavy atom. The van der Waals surface area contributed by atoms with Gasteiger partial charge < -0.3 is 14.5 Å². The van der Waals surface area contributed by atoms with Crippen LogP contribution in [0, 0.1) is 6.92 Å². The Hall–Kier alpha value is -3.15. The van der Waals surface area contributed by atoms with Gasteiger partial charge in [0, 0.05) is 11.9 Å². The van der Waals surface area contributed by atoms with Gasteiger partial charge in [0.05, 0.1) is 18.2 Å². The summed E-state index contributed by atoms with van der Waals surface area (Å²) < 4.78 is 6.52. The van der Waals surface area contributed by atoms with Gasteiger partial charge in [-0.2, -0.15) is 0 Å². The van der Waals surface area contributed by atoms with E-state index in [0.717, 1.165) is 11.3 Å². The molecule has 2 aromatic heterocycles. The van der Waals surface area contributed by atoms with Crippen molar-refractivity contribution in [3.05, 3.63) is 65.7 Å². The Kier molecular flexibility index (Phi) is 3.80. The third kappa shape index (κ3) is 2.78. The first kappa shape index (κ1) is 14.8. The van der Waals surface area contributed by atoms with Crippen LogP contribution in [0.1, 0.15) is 26.7 Å². The lowest BCUT2D eigenvalue weighted by Gasteiger charge is -2.05. The zero-order chi connectivity index (χ0) is 16.4. The molecule has 0 fully saturated rings. The number of esters is 1. The summed E-state index contributed by atoms with van der Waals surface area (Å²) in [5, 5.41) is 2.76. The molecule has 1 N–H and O–H groups in total. The number of rotatable bonds is 3. The standard InChI is InChI=1S/C17H15N3O3/c1-11-18-15(14-8-3-4-9-20(11)14)16(21)19-13-7-5-6-12(10-13)17(22)23-2/h3-10H,1-2H3,(H,19,21). The van der Waals surface area contributed by atoms with Gasteiger partial charge in [0.15, 0.2) is 5.69 Å². The number of methoxy groups -OCH3 is 1. The summed E-state index contributed by atoms with van der Waals surface area (Å²) >= 11 is 0. The van der Waals surface area contributed by atoms with Gasteiger partial charge >= 0.3 is 5.97 Å². The van der Waals surface area contributed by atoms with E-state index in [4.69, 9.17) is 0 Å². The molecule has 6 nitrogen and oxygen atoms in total. The van der Waals surface area contributed by atoms with E-state index < -0.39 is 5.97 Å². The molecule has 0 aliphatic carbocycles. The first-order valence-electron chi connectivity index (χ1n) is 7.03. The van der Waals surface area contributed by atoms with Crippen molar-refractivity contribution in [2.45, 2.75) is 6.92 Å². The minimum Gasteiger partial charge on any atom is -0.465 e. The highest BCUT2D eigenvalue weighted by molar-refractivity contribution is 6.08. The largest absolute Gasteiger partial charge is 0.465 e. The summed E-state index contributed by atoms with van der Waals surface area (Å²) in [5.74, 6) is -0.0535. The molecule has 3 aromatic rings.